The second-order valence-corrected chi connectivity index (χ2v) is 4.56. The Bertz CT molecular complexity index is 498. The average Bonchev–Trinajstić information content (AvgIpc) is 2.43. The minimum Gasteiger partial charge on any atom is -0.493 e. The molecule has 0 aromatic heterocycles. The van der Waals surface area contributed by atoms with Gasteiger partial charge in [-0.25, -0.2) is 4.79 Å². The number of rotatable bonds is 6. The molecule has 0 aliphatic rings. The molecule has 0 bridgehead atoms. The number of methoxy groups -OCH3 is 1. The summed E-state index contributed by atoms with van der Waals surface area (Å²) in [4.78, 5) is 24.3. The molecule has 110 valence electrons. The van der Waals surface area contributed by atoms with Gasteiger partial charge in [-0.2, -0.15) is 0 Å². The average molecular weight is 281 g/mol. The summed E-state index contributed by atoms with van der Waals surface area (Å²) < 4.78 is 10.4. The van der Waals surface area contributed by atoms with Gasteiger partial charge in [0, 0.05) is 13.1 Å². The number of aromatic carboxylic acids is 1. The number of carbonyl (C=O) groups excluding carboxylic acids is 1. The molecule has 20 heavy (non-hydrogen) atoms. The topological polar surface area (TPSA) is 76.1 Å². The number of likely N-dealkylation sites (N-methyl/N-ethyl adjacent to an activating group) is 1. The van der Waals surface area contributed by atoms with E-state index in [1.807, 2.05) is 13.8 Å². The summed E-state index contributed by atoms with van der Waals surface area (Å²) in [7, 11) is 3.13. The van der Waals surface area contributed by atoms with E-state index in [2.05, 4.69) is 0 Å². The van der Waals surface area contributed by atoms with Gasteiger partial charge < -0.3 is 19.5 Å². The highest BCUT2D eigenvalue weighted by Crippen LogP contribution is 2.28. The Balaban J connectivity index is 2.83. The number of ether oxygens (including phenoxy) is 2. The number of nitrogens with zero attached hydrogens (tertiary/aromatic N) is 1. The smallest absolute Gasteiger partial charge is 0.335 e. The molecule has 6 nitrogen and oxygen atoms in total. The summed E-state index contributed by atoms with van der Waals surface area (Å²) in [6.07, 6.45) is 0. The highest BCUT2D eigenvalue weighted by Gasteiger charge is 2.15. The predicted molar refractivity (Wildman–Crippen MR) is 73.4 cm³/mol. The molecule has 1 N–H and O–H groups in total. The molecule has 0 saturated carbocycles. The summed E-state index contributed by atoms with van der Waals surface area (Å²) in [5, 5.41) is 8.94. The van der Waals surface area contributed by atoms with Crippen molar-refractivity contribution in [2.45, 2.75) is 19.9 Å². The van der Waals surface area contributed by atoms with Gasteiger partial charge >= 0.3 is 5.97 Å². The molecule has 1 aromatic carbocycles. The van der Waals surface area contributed by atoms with Crippen molar-refractivity contribution in [3.05, 3.63) is 23.8 Å². The molecule has 0 aliphatic heterocycles. The largest absolute Gasteiger partial charge is 0.493 e. The van der Waals surface area contributed by atoms with Gasteiger partial charge in [-0.3, -0.25) is 4.79 Å². The maximum atomic E-state index is 11.8. The first kappa shape index (κ1) is 15.8. The Labute approximate surface area is 117 Å². The number of carbonyl (C=O) groups is 2. The van der Waals surface area contributed by atoms with E-state index >= 15 is 0 Å². The van der Waals surface area contributed by atoms with Crippen LogP contribution in [0.5, 0.6) is 11.5 Å². The van der Waals surface area contributed by atoms with Crippen molar-refractivity contribution in [1.29, 1.82) is 0 Å². The minimum absolute atomic E-state index is 0.0679. The molecule has 1 aromatic rings. The Morgan fingerprint density at radius 2 is 1.95 bits per heavy atom. The zero-order valence-electron chi connectivity index (χ0n) is 12.0. The Hall–Kier alpha value is -2.24. The molecule has 0 spiro atoms. The second kappa shape index (κ2) is 6.79. The first-order valence-electron chi connectivity index (χ1n) is 6.16. The lowest BCUT2D eigenvalue weighted by Crippen LogP contribution is -2.36. The van der Waals surface area contributed by atoms with Crippen LogP contribution in [-0.4, -0.2) is 48.7 Å². The highest BCUT2D eigenvalue weighted by atomic mass is 16.5. The fourth-order valence-electron chi connectivity index (χ4n) is 1.45. The molecule has 6 heteroatoms. The quantitative estimate of drug-likeness (QED) is 0.857. The molecule has 0 unspecified atom stereocenters. The van der Waals surface area contributed by atoms with Crippen LogP contribution in [0.25, 0.3) is 0 Å². The maximum absolute atomic E-state index is 11.8. The van der Waals surface area contributed by atoms with Gasteiger partial charge in [-0.15, -0.1) is 0 Å². The van der Waals surface area contributed by atoms with Crippen molar-refractivity contribution < 1.29 is 24.2 Å². The van der Waals surface area contributed by atoms with Gasteiger partial charge in [-0.05, 0) is 32.0 Å². The third kappa shape index (κ3) is 3.88. The summed E-state index contributed by atoms with van der Waals surface area (Å²) in [5.74, 6) is -0.640. The Morgan fingerprint density at radius 1 is 1.30 bits per heavy atom. The Kier molecular flexibility index (Phi) is 5.37. The Morgan fingerprint density at radius 3 is 2.45 bits per heavy atom. The van der Waals surface area contributed by atoms with Crippen molar-refractivity contribution in [3.63, 3.8) is 0 Å². The van der Waals surface area contributed by atoms with Gasteiger partial charge in [0.1, 0.15) is 0 Å². The summed E-state index contributed by atoms with van der Waals surface area (Å²) in [5.41, 5.74) is 0.0745. The standard InChI is InChI=1S/C14H19NO5/c1-9(2)15(3)13(16)8-20-12-7-10(14(17)18)5-6-11(12)19-4/h5-7,9H,8H2,1-4H3,(H,17,18). The third-order valence-electron chi connectivity index (χ3n) is 2.93. The molecule has 0 fully saturated rings. The number of benzene rings is 1. The van der Waals surface area contributed by atoms with Crippen LogP contribution in [0.4, 0.5) is 0 Å². The monoisotopic (exact) mass is 281 g/mol. The van der Waals surface area contributed by atoms with Gasteiger partial charge in [0.15, 0.2) is 18.1 Å². The van der Waals surface area contributed by atoms with Crippen molar-refractivity contribution >= 4 is 11.9 Å². The zero-order chi connectivity index (χ0) is 15.3. The number of carboxylic acid groups (broad SMARTS) is 1. The van der Waals surface area contributed by atoms with E-state index in [1.165, 1.54) is 25.3 Å². The van der Waals surface area contributed by atoms with E-state index in [0.717, 1.165) is 0 Å². The van der Waals surface area contributed by atoms with Crippen LogP contribution in [0.3, 0.4) is 0 Å². The summed E-state index contributed by atoms with van der Waals surface area (Å²) >= 11 is 0. The molecular weight excluding hydrogens is 262 g/mol. The summed E-state index contributed by atoms with van der Waals surface area (Å²) in [6, 6.07) is 4.31. The van der Waals surface area contributed by atoms with E-state index in [-0.39, 0.29) is 29.9 Å². The molecule has 0 heterocycles. The third-order valence-corrected chi connectivity index (χ3v) is 2.93. The van der Waals surface area contributed by atoms with E-state index < -0.39 is 5.97 Å². The van der Waals surface area contributed by atoms with Gasteiger partial charge in [0.25, 0.3) is 5.91 Å². The van der Waals surface area contributed by atoms with Crippen LogP contribution >= 0.6 is 0 Å². The van der Waals surface area contributed by atoms with Crippen LogP contribution < -0.4 is 9.47 Å². The fourth-order valence-corrected chi connectivity index (χ4v) is 1.45. The lowest BCUT2D eigenvalue weighted by molar-refractivity contribution is -0.133. The van der Waals surface area contributed by atoms with Crippen molar-refractivity contribution in [2.75, 3.05) is 20.8 Å². The van der Waals surface area contributed by atoms with Gasteiger partial charge in [-0.1, -0.05) is 0 Å². The van der Waals surface area contributed by atoms with Gasteiger partial charge in [0.2, 0.25) is 0 Å². The molecule has 0 atom stereocenters. The maximum Gasteiger partial charge on any atom is 0.335 e. The highest BCUT2D eigenvalue weighted by molar-refractivity contribution is 5.88. The lowest BCUT2D eigenvalue weighted by Gasteiger charge is -2.21. The SMILES string of the molecule is COc1ccc(C(=O)O)cc1OCC(=O)N(C)C(C)C. The second-order valence-electron chi connectivity index (χ2n) is 4.56. The number of hydrogen-bond acceptors (Lipinski definition) is 4. The van der Waals surface area contributed by atoms with E-state index in [4.69, 9.17) is 14.6 Å². The molecule has 1 amide bonds. The minimum atomic E-state index is -1.07. The van der Waals surface area contributed by atoms with Crippen LogP contribution in [0, 0.1) is 0 Å². The van der Waals surface area contributed by atoms with E-state index in [9.17, 15) is 9.59 Å². The van der Waals surface area contributed by atoms with Crippen LogP contribution in [0.2, 0.25) is 0 Å². The molecule has 0 aliphatic carbocycles. The van der Waals surface area contributed by atoms with Gasteiger partial charge in [0.05, 0.1) is 12.7 Å². The van der Waals surface area contributed by atoms with E-state index in [0.29, 0.717) is 5.75 Å². The first-order valence-corrected chi connectivity index (χ1v) is 6.16. The van der Waals surface area contributed by atoms with Crippen molar-refractivity contribution in [2.24, 2.45) is 0 Å². The molecular formula is C14H19NO5. The fraction of sp³-hybridized carbons (Fsp3) is 0.429. The zero-order valence-corrected chi connectivity index (χ0v) is 12.0. The number of amides is 1. The molecule has 0 saturated heterocycles. The number of hydrogen-bond donors (Lipinski definition) is 1. The van der Waals surface area contributed by atoms with Crippen LogP contribution in [0.1, 0.15) is 24.2 Å². The normalized spacial score (nSPS) is 10.2. The first-order chi connectivity index (χ1) is 9.36. The molecule has 0 radical (unpaired) electrons. The van der Waals surface area contributed by atoms with Crippen LogP contribution in [-0.2, 0) is 4.79 Å². The van der Waals surface area contributed by atoms with Crippen molar-refractivity contribution in [1.82, 2.24) is 4.90 Å². The molecule has 1 rings (SSSR count). The van der Waals surface area contributed by atoms with Crippen molar-refractivity contribution in [3.8, 4) is 11.5 Å². The summed E-state index contributed by atoms with van der Waals surface area (Å²) in [6.45, 7) is 3.61. The van der Waals surface area contributed by atoms with Crippen LogP contribution in [0.15, 0.2) is 18.2 Å². The predicted octanol–water partition coefficient (Wildman–Crippen LogP) is 1.64. The lowest BCUT2D eigenvalue weighted by atomic mass is 10.2. The van der Waals surface area contributed by atoms with E-state index in [1.54, 1.807) is 11.9 Å². The number of carboxylic acids is 1.